The molecule has 2 aromatic rings. The van der Waals surface area contributed by atoms with Crippen LogP contribution in [0.15, 0.2) is 42.5 Å². The molecule has 1 N–H and O–H groups in total. The number of halogens is 1. The first-order valence-corrected chi connectivity index (χ1v) is 9.81. The average molecular weight is 368 g/mol. The molecule has 5 rings (SSSR count). The van der Waals surface area contributed by atoms with E-state index in [-0.39, 0.29) is 5.82 Å². The molecule has 2 aromatic carbocycles. The van der Waals surface area contributed by atoms with E-state index in [1.807, 2.05) is 0 Å². The standard InChI is InChI=1S/C21H25FN4O/c22-16-5-7-17(8-6-16)27-14-2-10-24-12-13-25-20(15-24)18-3-1-4-19-21(18)26(25)11-9-23-19/h1,3-8,20,23H,2,9-15H2. The van der Waals surface area contributed by atoms with Gasteiger partial charge in [-0.25, -0.2) is 9.40 Å². The number of rotatable bonds is 5. The first-order chi connectivity index (χ1) is 13.3. The second-order valence-corrected chi connectivity index (χ2v) is 7.43. The first-order valence-electron chi connectivity index (χ1n) is 9.81. The lowest BCUT2D eigenvalue weighted by Gasteiger charge is -2.42. The number of nitrogens with one attached hydrogen (secondary N) is 1. The molecule has 5 nitrogen and oxygen atoms in total. The van der Waals surface area contributed by atoms with Crippen molar-refractivity contribution in [1.29, 1.82) is 0 Å². The van der Waals surface area contributed by atoms with Crippen molar-refractivity contribution in [3.63, 3.8) is 0 Å². The smallest absolute Gasteiger partial charge is 0.123 e. The SMILES string of the molecule is Fc1ccc(OCCCN2CCN3C(C2)c2cccc4c2N3CCN4)cc1. The molecular formula is C21H25FN4O. The second-order valence-electron chi connectivity index (χ2n) is 7.43. The molecule has 0 bridgehead atoms. The van der Waals surface area contributed by atoms with Crippen LogP contribution in [-0.2, 0) is 0 Å². The van der Waals surface area contributed by atoms with Gasteiger partial charge in [0.15, 0.2) is 0 Å². The number of hydrazine groups is 1. The van der Waals surface area contributed by atoms with Crippen LogP contribution in [0.3, 0.4) is 0 Å². The fraction of sp³-hybridized carbons (Fsp3) is 0.429. The molecule has 1 unspecified atom stereocenters. The molecule has 3 heterocycles. The number of anilines is 2. The summed E-state index contributed by atoms with van der Waals surface area (Å²) in [5.74, 6) is 0.508. The third kappa shape index (κ3) is 3.13. The summed E-state index contributed by atoms with van der Waals surface area (Å²) in [6.07, 6.45) is 0.974. The van der Waals surface area contributed by atoms with Crippen molar-refractivity contribution in [3.05, 3.63) is 53.8 Å². The number of hydrogen-bond donors (Lipinski definition) is 1. The Bertz CT molecular complexity index is 812. The minimum Gasteiger partial charge on any atom is -0.494 e. The van der Waals surface area contributed by atoms with E-state index in [1.165, 1.54) is 29.1 Å². The number of para-hydroxylation sites is 1. The van der Waals surface area contributed by atoms with Gasteiger partial charge in [-0.1, -0.05) is 12.1 Å². The summed E-state index contributed by atoms with van der Waals surface area (Å²) in [5.41, 5.74) is 4.11. The van der Waals surface area contributed by atoms with E-state index < -0.39 is 0 Å². The summed E-state index contributed by atoms with van der Waals surface area (Å²) in [4.78, 5) is 2.54. The molecule has 27 heavy (non-hydrogen) atoms. The van der Waals surface area contributed by atoms with Gasteiger partial charge in [0.25, 0.3) is 0 Å². The predicted molar refractivity (Wildman–Crippen MR) is 105 cm³/mol. The van der Waals surface area contributed by atoms with Gasteiger partial charge in [0, 0.05) is 32.7 Å². The molecule has 0 spiro atoms. The van der Waals surface area contributed by atoms with Crippen LogP contribution < -0.4 is 15.1 Å². The van der Waals surface area contributed by atoms with Gasteiger partial charge in [-0.05, 0) is 42.3 Å². The fourth-order valence-corrected chi connectivity index (χ4v) is 4.52. The molecule has 0 amide bonds. The van der Waals surface area contributed by atoms with E-state index in [2.05, 4.69) is 38.4 Å². The van der Waals surface area contributed by atoms with Crippen molar-refractivity contribution in [3.8, 4) is 5.75 Å². The zero-order chi connectivity index (χ0) is 18.2. The molecule has 0 aromatic heterocycles. The van der Waals surface area contributed by atoms with Crippen molar-refractivity contribution in [1.82, 2.24) is 9.91 Å². The van der Waals surface area contributed by atoms with Crippen molar-refractivity contribution in [2.24, 2.45) is 0 Å². The third-order valence-corrected chi connectivity index (χ3v) is 5.77. The molecule has 0 saturated carbocycles. The van der Waals surface area contributed by atoms with Gasteiger partial charge >= 0.3 is 0 Å². The van der Waals surface area contributed by atoms with Crippen LogP contribution >= 0.6 is 0 Å². The first kappa shape index (κ1) is 16.8. The Morgan fingerprint density at radius 2 is 1.96 bits per heavy atom. The maximum atomic E-state index is 12.9. The van der Waals surface area contributed by atoms with Gasteiger partial charge < -0.3 is 15.1 Å². The molecular weight excluding hydrogens is 343 g/mol. The largest absolute Gasteiger partial charge is 0.494 e. The Hall–Kier alpha value is -2.31. The van der Waals surface area contributed by atoms with Crippen LogP contribution in [-0.4, -0.2) is 55.8 Å². The third-order valence-electron chi connectivity index (χ3n) is 5.77. The summed E-state index contributed by atoms with van der Waals surface area (Å²) in [7, 11) is 0. The molecule has 3 aliphatic heterocycles. The summed E-state index contributed by atoms with van der Waals surface area (Å²) in [6.45, 7) is 6.95. The summed E-state index contributed by atoms with van der Waals surface area (Å²) < 4.78 is 18.7. The maximum Gasteiger partial charge on any atom is 0.123 e. The van der Waals surface area contributed by atoms with Crippen molar-refractivity contribution in [2.45, 2.75) is 12.5 Å². The Morgan fingerprint density at radius 1 is 1.07 bits per heavy atom. The Kier molecular flexibility index (Phi) is 4.38. The number of fused-ring (bicyclic) bond motifs is 3. The van der Waals surface area contributed by atoms with Crippen molar-refractivity contribution >= 4 is 11.4 Å². The monoisotopic (exact) mass is 368 g/mol. The van der Waals surface area contributed by atoms with Gasteiger partial charge in [-0.15, -0.1) is 0 Å². The highest BCUT2D eigenvalue weighted by Gasteiger charge is 2.42. The van der Waals surface area contributed by atoms with Crippen LogP contribution in [0.5, 0.6) is 5.75 Å². The molecule has 1 saturated heterocycles. The van der Waals surface area contributed by atoms with Crippen LogP contribution in [0.25, 0.3) is 0 Å². The zero-order valence-corrected chi connectivity index (χ0v) is 15.4. The molecule has 3 aliphatic rings. The second kappa shape index (κ2) is 7.02. The Morgan fingerprint density at radius 3 is 2.85 bits per heavy atom. The number of piperazine rings is 1. The highest BCUT2D eigenvalue weighted by Crippen LogP contribution is 2.46. The lowest BCUT2D eigenvalue weighted by molar-refractivity contribution is 0.0743. The lowest BCUT2D eigenvalue weighted by Crippen LogP contribution is -2.53. The summed E-state index contributed by atoms with van der Waals surface area (Å²) >= 11 is 0. The molecule has 1 fully saturated rings. The average Bonchev–Trinajstić information content (AvgIpc) is 3.02. The van der Waals surface area contributed by atoms with Gasteiger partial charge in [-0.3, -0.25) is 4.90 Å². The van der Waals surface area contributed by atoms with Crippen LogP contribution in [0.2, 0.25) is 0 Å². The van der Waals surface area contributed by atoms with E-state index in [0.717, 1.165) is 51.4 Å². The minimum absolute atomic E-state index is 0.228. The summed E-state index contributed by atoms with van der Waals surface area (Å²) in [5, 5.41) is 8.58. The van der Waals surface area contributed by atoms with Crippen LogP contribution in [0, 0.1) is 5.82 Å². The van der Waals surface area contributed by atoms with E-state index in [1.54, 1.807) is 12.1 Å². The topological polar surface area (TPSA) is 31.0 Å². The van der Waals surface area contributed by atoms with Gasteiger partial charge in [0.2, 0.25) is 0 Å². The van der Waals surface area contributed by atoms with Gasteiger partial charge in [0.1, 0.15) is 11.6 Å². The molecule has 142 valence electrons. The molecule has 6 heteroatoms. The number of benzene rings is 2. The van der Waals surface area contributed by atoms with Gasteiger partial charge in [0.05, 0.1) is 30.6 Å². The predicted octanol–water partition coefficient (Wildman–Crippen LogP) is 3.11. The van der Waals surface area contributed by atoms with E-state index in [4.69, 9.17) is 4.74 Å². The Balaban J connectivity index is 1.18. The number of hydrogen-bond acceptors (Lipinski definition) is 5. The quantitative estimate of drug-likeness (QED) is 0.820. The van der Waals surface area contributed by atoms with E-state index in [9.17, 15) is 4.39 Å². The Labute approximate surface area is 159 Å². The fourth-order valence-electron chi connectivity index (χ4n) is 4.52. The van der Waals surface area contributed by atoms with Crippen LogP contribution in [0.1, 0.15) is 18.0 Å². The van der Waals surface area contributed by atoms with Gasteiger partial charge in [-0.2, -0.15) is 0 Å². The molecule has 1 atom stereocenters. The number of nitrogens with zero attached hydrogens (tertiary/aromatic N) is 3. The zero-order valence-electron chi connectivity index (χ0n) is 15.4. The van der Waals surface area contributed by atoms with Crippen molar-refractivity contribution in [2.75, 3.05) is 56.2 Å². The highest BCUT2D eigenvalue weighted by atomic mass is 19.1. The minimum atomic E-state index is -0.228. The van der Waals surface area contributed by atoms with Crippen molar-refractivity contribution < 1.29 is 9.13 Å². The van der Waals surface area contributed by atoms with E-state index in [0.29, 0.717) is 12.6 Å². The molecule has 0 radical (unpaired) electrons. The maximum absolute atomic E-state index is 12.9. The highest BCUT2D eigenvalue weighted by molar-refractivity contribution is 5.78. The number of ether oxygens (including phenoxy) is 1. The summed E-state index contributed by atoms with van der Waals surface area (Å²) in [6, 6.07) is 13.3. The van der Waals surface area contributed by atoms with Crippen LogP contribution in [0.4, 0.5) is 15.8 Å². The normalized spacial score (nSPS) is 21.5. The lowest BCUT2D eigenvalue weighted by atomic mass is 10.0. The van der Waals surface area contributed by atoms with E-state index >= 15 is 0 Å². The molecule has 0 aliphatic carbocycles.